The normalized spacial score (nSPS) is 25.0. The van der Waals surface area contributed by atoms with Gasteiger partial charge in [0.2, 0.25) is 17.7 Å². The molecule has 0 radical (unpaired) electrons. The minimum absolute atomic E-state index is 0.151. The van der Waals surface area contributed by atoms with Gasteiger partial charge in [-0.25, -0.2) is 0 Å². The molecule has 1 aromatic rings. The van der Waals surface area contributed by atoms with Gasteiger partial charge in [-0.05, 0) is 18.6 Å². The lowest BCUT2D eigenvalue weighted by atomic mass is 10.3. The van der Waals surface area contributed by atoms with E-state index in [0.717, 1.165) is 4.90 Å². The molecule has 0 spiro atoms. The van der Waals surface area contributed by atoms with E-state index < -0.39 is 0 Å². The van der Waals surface area contributed by atoms with Crippen LogP contribution >= 0.6 is 0 Å². The largest absolute Gasteiger partial charge is 0.325 e. The molecule has 1 N–H and O–H groups in total. The molecule has 1 aliphatic heterocycles. The summed E-state index contributed by atoms with van der Waals surface area (Å²) in [6, 6.07) is 8.95. The Bertz CT molecular complexity index is 506. The molecule has 5 heteroatoms. The van der Waals surface area contributed by atoms with E-state index in [1.54, 1.807) is 24.3 Å². The fraction of sp³-hybridized carbons (Fsp3) is 0.308. The van der Waals surface area contributed by atoms with Crippen molar-refractivity contribution < 1.29 is 14.4 Å². The number of piperidine rings is 1. The quantitative estimate of drug-likeness (QED) is 0.793. The van der Waals surface area contributed by atoms with Gasteiger partial charge in [0.1, 0.15) is 6.54 Å². The molecule has 1 aliphatic carbocycles. The van der Waals surface area contributed by atoms with Gasteiger partial charge in [-0.15, -0.1) is 0 Å². The van der Waals surface area contributed by atoms with Crippen LogP contribution in [0.5, 0.6) is 0 Å². The summed E-state index contributed by atoms with van der Waals surface area (Å²) >= 11 is 0. The number of anilines is 1. The van der Waals surface area contributed by atoms with E-state index in [2.05, 4.69) is 5.32 Å². The predicted octanol–water partition coefficient (Wildman–Crippen LogP) is 0.630. The first-order valence-electron chi connectivity index (χ1n) is 5.87. The van der Waals surface area contributed by atoms with E-state index >= 15 is 0 Å². The summed E-state index contributed by atoms with van der Waals surface area (Å²) < 4.78 is 0. The monoisotopic (exact) mass is 244 g/mol. The van der Waals surface area contributed by atoms with Crippen LogP contribution in [0.1, 0.15) is 6.42 Å². The Kier molecular flexibility index (Phi) is 2.40. The number of benzene rings is 1. The molecule has 1 aromatic carbocycles. The Hall–Kier alpha value is -2.17. The summed E-state index contributed by atoms with van der Waals surface area (Å²) in [6.45, 7) is -0.181. The van der Waals surface area contributed by atoms with Gasteiger partial charge >= 0.3 is 0 Å². The lowest BCUT2D eigenvalue weighted by molar-refractivity contribution is -0.143. The van der Waals surface area contributed by atoms with E-state index in [1.807, 2.05) is 6.07 Å². The molecule has 5 nitrogen and oxygen atoms in total. The van der Waals surface area contributed by atoms with Gasteiger partial charge in [-0.2, -0.15) is 0 Å². The number of amides is 3. The number of carbonyl (C=O) groups is 3. The highest BCUT2D eigenvalue weighted by Crippen LogP contribution is 2.46. The minimum Gasteiger partial charge on any atom is -0.325 e. The fourth-order valence-electron chi connectivity index (χ4n) is 2.27. The zero-order valence-electron chi connectivity index (χ0n) is 9.63. The Morgan fingerprint density at radius 1 is 1.17 bits per heavy atom. The molecule has 2 fully saturated rings. The molecule has 2 aliphatic rings. The number of rotatable bonds is 3. The van der Waals surface area contributed by atoms with Gasteiger partial charge in [-0.1, -0.05) is 18.2 Å². The number of hydrogen-bond donors (Lipinski definition) is 1. The summed E-state index contributed by atoms with van der Waals surface area (Å²) in [5.41, 5.74) is 0.659. The second kappa shape index (κ2) is 3.94. The van der Waals surface area contributed by atoms with Crippen molar-refractivity contribution in [3.63, 3.8) is 0 Å². The van der Waals surface area contributed by atoms with Crippen LogP contribution in [0.3, 0.4) is 0 Å². The molecular formula is C13H12N2O3. The molecule has 0 bridgehead atoms. The van der Waals surface area contributed by atoms with Crippen LogP contribution in [0, 0.1) is 11.8 Å². The van der Waals surface area contributed by atoms with Crippen molar-refractivity contribution in [3.8, 4) is 0 Å². The molecule has 1 saturated heterocycles. The SMILES string of the molecule is O=C(CN1C(=O)C2CC2C1=O)Nc1ccccc1. The van der Waals surface area contributed by atoms with Crippen LogP contribution < -0.4 is 5.32 Å². The predicted molar refractivity (Wildman–Crippen MR) is 63.4 cm³/mol. The van der Waals surface area contributed by atoms with Crippen molar-refractivity contribution >= 4 is 23.4 Å². The number of likely N-dealkylation sites (tertiary alicyclic amines) is 1. The fourth-order valence-corrected chi connectivity index (χ4v) is 2.27. The average molecular weight is 244 g/mol. The molecule has 2 unspecified atom stereocenters. The van der Waals surface area contributed by atoms with Gasteiger partial charge in [0.05, 0.1) is 11.8 Å². The van der Waals surface area contributed by atoms with E-state index in [1.165, 1.54) is 0 Å². The van der Waals surface area contributed by atoms with Crippen molar-refractivity contribution in [3.05, 3.63) is 30.3 Å². The van der Waals surface area contributed by atoms with Crippen molar-refractivity contribution in [2.45, 2.75) is 6.42 Å². The summed E-state index contributed by atoms with van der Waals surface area (Å²) in [5, 5.41) is 2.65. The third-order valence-corrected chi connectivity index (χ3v) is 3.32. The maximum Gasteiger partial charge on any atom is 0.244 e. The molecular weight excluding hydrogens is 232 g/mol. The van der Waals surface area contributed by atoms with Crippen molar-refractivity contribution in [2.75, 3.05) is 11.9 Å². The number of nitrogens with zero attached hydrogens (tertiary/aromatic N) is 1. The van der Waals surface area contributed by atoms with E-state index in [0.29, 0.717) is 12.1 Å². The Morgan fingerprint density at radius 2 is 1.78 bits per heavy atom. The first kappa shape index (κ1) is 11.0. The zero-order chi connectivity index (χ0) is 12.7. The second-order valence-electron chi connectivity index (χ2n) is 4.63. The number of fused-ring (bicyclic) bond motifs is 1. The van der Waals surface area contributed by atoms with Crippen molar-refractivity contribution in [1.29, 1.82) is 0 Å². The van der Waals surface area contributed by atoms with Crippen LogP contribution in [0.15, 0.2) is 30.3 Å². The maximum atomic E-state index is 11.7. The minimum atomic E-state index is -0.343. The third kappa shape index (κ3) is 1.77. The van der Waals surface area contributed by atoms with Crippen LogP contribution in [-0.2, 0) is 14.4 Å². The lowest BCUT2D eigenvalue weighted by Crippen LogP contribution is -2.39. The van der Waals surface area contributed by atoms with Crippen molar-refractivity contribution in [2.24, 2.45) is 11.8 Å². The molecule has 18 heavy (non-hydrogen) atoms. The van der Waals surface area contributed by atoms with Crippen LogP contribution in [-0.4, -0.2) is 29.2 Å². The van der Waals surface area contributed by atoms with E-state index in [9.17, 15) is 14.4 Å². The highest BCUT2D eigenvalue weighted by molar-refractivity contribution is 6.11. The van der Waals surface area contributed by atoms with Crippen LogP contribution in [0.25, 0.3) is 0 Å². The lowest BCUT2D eigenvalue weighted by Gasteiger charge is -2.15. The first-order chi connectivity index (χ1) is 8.66. The van der Waals surface area contributed by atoms with E-state index in [4.69, 9.17) is 0 Å². The topological polar surface area (TPSA) is 66.5 Å². The zero-order valence-corrected chi connectivity index (χ0v) is 9.63. The molecule has 3 amide bonds. The number of para-hydroxylation sites is 1. The van der Waals surface area contributed by atoms with E-state index in [-0.39, 0.29) is 36.1 Å². The molecule has 92 valence electrons. The smallest absolute Gasteiger partial charge is 0.244 e. The van der Waals surface area contributed by atoms with Gasteiger partial charge in [-0.3, -0.25) is 19.3 Å². The van der Waals surface area contributed by atoms with Gasteiger partial charge < -0.3 is 5.32 Å². The molecule has 3 rings (SSSR count). The highest BCUT2D eigenvalue weighted by atomic mass is 16.2. The number of nitrogens with one attached hydrogen (secondary N) is 1. The second-order valence-corrected chi connectivity index (χ2v) is 4.63. The van der Waals surface area contributed by atoms with Gasteiger partial charge in [0, 0.05) is 5.69 Å². The van der Waals surface area contributed by atoms with Crippen molar-refractivity contribution in [1.82, 2.24) is 4.90 Å². The number of hydrogen-bond acceptors (Lipinski definition) is 3. The Balaban J connectivity index is 1.62. The highest BCUT2D eigenvalue weighted by Gasteiger charge is 2.58. The summed E-state index contributed by atoms with van der Waals surface area (Å²) in [6.07, 6.45) is 0.661. The summed E-state index contributed by atoms with van der Waals surface area (Å²) in [7, 11) is 0. The standard InChI is InChI=1S/C13H12N2O3/c16-11(14-8-4-2-1-3-5-8)7-15-12(17)9-6-10(9)13(15)18/h1-5,9-10H,6-7H2,(H,14,16). The first-order valence-corrected chi connectivity index (χ1v) is 5.87. The Labute approximate surface area is 104 Å². The van der Waals surface area contributed by atoms with Gasteiger partial charge in [0.15, 0.2) is 0 Å². The Morgan fingerprint density at radius 3 is 2.39 bits per heavy atom. The maximum absolute atomic E-state index is 11.7. The number of imide groups is 1. The van der Waals surface area contributed by atoms with Gasteiger partial charge in [0.25, 0.3) is 0 Å². The molecule has 1 saturated carbocycles. The summed E-state index contributed by atoms with van der Waals surface area (Å²) in [5.74, 6) is -1.05. The number of carbonyl (C=O) groups excluding carboxylic acids is 3. The third-order valence-electron chi connectivity index (χ3n) is 3.32. The molecule has 0 aromatic heterocycles. The van der Waals surface area contributed by atoms with Crippen LogP contribution in [0.4, 0.5) is 5.69 Å². The van der Waals surface area contributed by atoms with Crippen LogP contribution in [0.2, 0.25) is 0 Å². The summed E-state index contributed by atoms with van der Waals surface area (Å²) in [4.78, 5) is 36.1. The molecule has 1 heterocycles. The average Bonchev–Trinajstić information content (AvgIpc) is 3.11. The molecule has 2 atom stereocenters.